The molecule has 0 radical (unpaired) electrons. The number of benzene rings is 3. The molecule has 3 aromatic rings. The van der Waals surface area contributed by atoms with Crippen LogP contribution < -0.4 is 10.5 Å². The van der Waals surface area contributed by atoms with Gasteiger partial charge in [-0.1, -0.05) is 36.4 Å². The van der Waals surface area contributed by atoms with E-state index in [1.54, 1.807) is 18.2 Å². The van der Waals surface area contributed by atoms with Crippen molar-refractivity contribution in [1.82, 2.24) is 0 Å². The maximum absolute atomic E-state index is 12.6. The van der Waals surface area contributed by atoms with Gasteiger partial charge in [0.2, 0.25) is 0 Å². The van der Waals surface area contributed by atoms with Crippen LogP contribution in [0, 0.1) is 0 Å². The van der Waals surface area contributed by atoms with Crippen molar-refractivity contribution < 1.29 is 24.7 Å². The molecule has 0 saturated carbocycles. The van der Waals surface area contributed by atoms with Gasteiger partial charge in [0.1, 0.15) is 13.2 Å². The average molecular weight is 406 g/mol. The Hall–Kier alpha value is -3.23. The lowest BCUT2D eigenvalue weighted by Crippen LogP contribution is -2.27. The first-order valence-electron chi connectivity index (χ1n) is 9.63. The third-order valence-electron chi connectivity index (χ3n) is 4.68. The Bertz CT molecular complexity index is 1090. The topological polar surface area (TPSA) is 91.3 Å². The molecule has 4 rings (SSSR count). The summed E-state index contributed by atoms with van der Waals surface area (Å²) in [4.78, 5) is 23.4. The van der Waals surface area contributed by atoms with Crippen molar-refractivity contribution in [2.45, 2.75) is 0 Å². The largest absolute Gasteiger partial charge is 0.394 e. The highest BCUT2D eigenvalue weighted by atomic mass is 16.9. The summed E-state index contributed by atoms with van der Waals surface area (Å²) in [6.07, 6.45) is 1.85. The van der Waals surface area contributed by atoms with Gasteiger partial charge < -0.3 is 15.5 Å². The second-order valence-electron chi connectivity index (χ2n) is 6.72. The van der Waals surface area contributed by atoms with Crippen LogP contribution in [0.3, 0.4) is 0 Å². The monoisotopic (exact) mass is 406 g/mol. The number of carbonyl (C=O) groups is 1. The fourth-order valence-electron chi connectivity index (χ4n) is 3.33. The van der Waals surface area contributed by atoms with E-state index < -0.39 is 0 Å². The fourth-order valence-corrected chi connectivity index (χ4v) is 3.33. The summed E-state index contributed by atoms with van der Waals surface area (Å²) in [6.45, 7) is -0.312. The van der Waals surface area contributed by atoms with Gasteiger partial charge in [0, 0.05) is 16.8 Å². The van der Waals surface area contributed by atoms with Crippen molar-refractivity contribution in [3.63, 3.8) is 0 Å². The molecule has 3 N–H and O–H groups in total. The van der Waals surface area contributed by atoms with Crippen LogP contribution in [-0.4, -0.2) is 42.5 Å². The molecule has 7 heteroatoms. The third kappa shape index (κ3) is 4.19. The van der Waals surface area contributed by atoms with Gasteiger partial charge in [-0.3, -0.25) is 4.79 Å². The van der Waals surface area contributed by atoms with Crippen LogP contribution in [0.15, 0.2) is 60.7 Å². The van der Waals surface area contributed by atoms with Gasteiger partial charge in [0.25, 0.3) is 5.91 Å². The normalized spacial score (nSPS) is 14.2. The molecule has 0 aliphatic carbocycles. The number of carbonyl (C=O) groups excluding carboxylic acids is 1. The number of hydrogen-bond donors (Lipinski definition) is 3. The third-order valence-corrected chi connectivity index (χ3v) is 4.68. The van der Waals surface area contributed by atoms with Gasteiger partial charge in [-0.05, 0) is 46.7 Å². The molecule has 1 amide bonds. The van der Waals surface area contributed by atoms with Gasteiger partial charge in [0.15, 0.2) is 0 Å². The number of amides is 1. The Balaban J connectivity index is 1.69. The summed E-state index contributed by atoms with van der Waals surface area (Å²) >= 11 is 0. The molecule has 0 fully saturated rings. The minimum atomic E-state index is -0.186. The molecule has 7 nitrogen and oxygen atoms in total. The lowest BCUT2D eigenvalue weighted by molar-refractivity contribution is -0.110. The van der Waals surface area contributed by atoms with Crippen LogP contribution in [0.1, 0.15) is 11.1 Å². The van der Waals surface area contributed by atoms with E-state index in [4.69, 9.17) is 19.9 Å². The first-order chi connectivity index (χ1) is 14.7. The molecule has 1 aliphatic rings. The summed E-state index contributed by atoms with van der Waals surface area (Å²) < 4.78 is 0. The highest BCUT2D eigenvalue weighted by molar-refractivity contribution is 6.35. The van der Waals surface area contributed by atoms with E-state index in [1.807, 2.05) is 48.5 Å². The molecule has 0 bridgehead atoms. The summed E-state index contributed by atoms with van der Waals surface area (Å²) in [5.74, 6) is -0.186. The predicted octanol–water partition coefficient (Wildman–Crippen LogP) is 2.99. The van der Waals surface area contributed by atoms with Gasteiger partial charge >= 0.3 is 0 Å². The zero-order valence-electron chi connectivity index (χ0n) is 16.2. The lowest BCUT2D eigenvalue weighted by atomic mass is 10.0. The predicted molar refractivity (Wildman–Crippen MR) is 115 cm³/mol. The van der Waals surface area contributed by atoms with E-state index in [-0.39, 0.29) is 32.3 Å². The Morgan fingerprint density at radius 2 is 1.63 bits per heavy atom. The Labute approximate surface area is 173 Å². The van der Waals surface area contributed by atoms with E-state index in [0.717, 1.165) is 27.1 Å². The molecule has 0 aromatic heterocycles. The van der Waals surface area contributed by atoms with Crippen molar-refractivity contribution in [3.05, 3.63) is 71.8 Å². The molecule has 1 heterocycles. The van der Waals surface area contributed by atoms with E-state index in [9.17, 15) is 4.79 Å². The molecule has 30 heavy (non-hydrogen) atoms. The maximum atomic E-state index is 12.6. The molecule has 154 valence electrons. The summed E-state index contributed by atoms with van der Waals surface area (Å²) in [6, 6.07) is 19.4. The number of aliphatic hydroxyl groups excluding tert-OH is 2. The minimum absolute atomic E-state index is 0.0273. The van der Waals surface area contributed by atoms with Gasteiger partial charge in [-0.2, -0.15) is 0 Å². The van der Waals surface area contributed by atoms with Crippen molar-refractivity contribution in [3.8, 4) is 0 Å². The Kier molecular flexibility index (Phi) is 6.06. The number of fused-ring (bicyclic) bond motifs is 2. The zero-order chi connectivity index (χ0) is 20.9. The highest BCUT2D eigenvalue weighted by Gasteiger charge is 2.25. The Morgan fingerprint density at radius 1 is 0.900 bits per heavy atom. The minimum Gasteiger partial charge on any atom is -0.394 e. The van der Waals surface area contributed by atoms with Gasteiger partial charge in [-0.15, -0.1) is 5.23 Å². The second-order valence-corrected chi connectivity index (χ2v) is 6.72. The van der Waals surface area contributed by atoms with Crippen molar-refractivity contribution in [2.75, 3.05) is 37.0 Å². The van der Waals surface area contributed by atoms with Gasteiger partial charge in [-0.25, -0.2) is 9.68 Å². The highest BCUT2D eigenvalue weighted by Crippen LogP contribution is 2.36. The van der Waals surface area contributed by atoms with Crippen molar-refractivity contribution >= 4 is 39.7 Å². The standard InChI is InChI=1S/C23H22N2O5/c26-9-11-29-25(30-12-10-27)19-7-8-22-20(15-19)21(23(28)24-22)14-16-5-6-17-3-1-2-4-18(17)13-16/h1-8,13-15,26-27H,9-12H2,(H,24,28). The van der Waals surface area contributed by atoms with Crippen LogP contribution in [-0.2, 0) is 14.5 Å². The van der Waals surface area contributed by atoms with E-state index in [1.165, 1.54) is 0 Å². The SMILES string of the molecule is O=C1Nc2ccc(N(OCCO)OCCO)cc2C1=Cc1ccc2ccccc2c1. The van der Waals surface area contributed by atoms with Crippen LogP contribution in [0.25, 0.3) is 22.4 Å². The molecule has 0 unspecified atom stereocenters. The summed E-state index contributed by atoms with van der Waals surface area (Å²) in [7, 11) is 0. The molecule has 0 saturated heterocycles. The van der Waals surface area contributed by atoms with Crippen LogP contribution in [0.5, 0.6) is 0 Å². The maximum Gasteiger partial charge on any atom is 0.256 e. The van der Waals surface area contributed by atoms with Crippen LogP contribution >= 0.6 is 0 Å². The lowest BCUT2D eigenvalue weighted by Gasteiger charge is -2.22. The number of nitrogens with one attached hydrogen (secondary N) is 1. The molecule has 0 spiro atoms. The van der Waals surface area contributed by atoms with E-state index in [0.29, 0.717) is 16.9 Å². The average Bonchev–Trinajstić information content (AvgIpc) is 3.08. The van der Waals surface area contributed by atoms with E-state index in [2.05, 4.69) is 5.32 Å². The number of rotatable bonds is 8. The first kappa shape index (κ1) is 20.1. The number of aliphatic hydroxyl groups is 2. The number of nitrogens with zero attached hydrogens (tertiary/aromatic N) is 1. The molecular weight excluding hydrogens is 384 g/mol. The summed E-state index contributed by atoms with van der Waals surface area (Å²) in [5.41, 5.74) is 3.40. The number of hydrogen-bond acceptors (Lipinski definition) is 6. The molecular formula is C23H22N2O5. The van der Waals surface area contributed by atoms with Gasteiger partial charge in [0.05, 0.1) is 18.9 Å². The quantitative estimate of drug-likeness (QED) is 0.394. The fraction of sp³-hybridized carbons (Fsp3) is 0.174. The smallest absolute Gasteiger partial charge is 0.256 e. The van der Waals surface area contributed by atoms with Crippen molar-refractivity contribution in [1.29, 1.82) is 0 Å². The summed E-state index contributed by atoms with van der Waals surface area (Å²) in [5, 5.41) is 24.3. The zero-order valence-corrected chi connectivity index (χ0v) is 16.2. The van der Waals surface area contributed by atoms with E-state index >= 15 is 0 Å². The number of anilines is 2. The van der Waals surface area contributed by atoms with Crippen LogP contribution in [0.4, 0.5) is 11.4 Å². The second kappa shape index (κ2) is 9.06. The molecule has 1 aliphatic heterocycles. The van der Waals surface area contributed by atoms with Crippen molar-refractivity contribution in [2.24, 2.45) is 0 Å². The first-order valence-corrected chi connectivity index (χ1v) is 9.63. The molecule has 0 atom stereocenters. The Morgan fingerprint density at radius 3 is 2.37 bits per heavy atom. The molecule has 3 aromatic carbocycles. The van der Waals surface area contributed by atoms with Crippen LogP contribution in [0.2, 0.25) is 0 Å².